The zero-order valence-electron chi connectivity index (χ0n) is 14.9. The fraction of sp³-hybridized carbons (Fsp3) is 0.650. The van der Waals surface area contributed by atoms with Crippen LogP contribution in [-0.4, -0.2) is 37.9 Å². The van der Waals surface area contributed by atoms with Crippen LogP contribution < -0.4 is 15.5 Å². The maximum atomic E-state index is 12.4. The molecule has 0 unspecified atom stereocenters. The molecule has 1 saturated carbocycles. The summed E-state index contributed by atoms with van der Waals surface area (Å²) in [5.74, 6) is 0.730. The van der Waals surface area contributed by atoms with Gasteiger partial charge in [0.25, 0.3) is 0 Å². The first-order chi connectivity index (χ1) is 12.3. The van der Waals surface area contributed by atoms with Crippen molar-refractivity contribution in [3.8, 4) is 0 Å². The van der Waals surface area contributed by atoms with E-state index in [4.69, 9.17) is 4.74 Å². The van der Waals surface area contributed by atoms with E-state index in [-0.39, 0.29) is 12.1 Å². The molecule has 2 heterocycles. The number of rotatable bonds is 4. The van der Waals surface area contributed by atoms with Crippen molar-refractivity contribution in [1.82, 2.24) is 5.32 Å². The van der Waals surface area contributed by atoms with Gasteiger partial charge in [-0.2, -0.15) is 0 Å². The first kappa shape index (κ1) is 16.7. The number of ether oxygens (including phenoxy) is 1. The molecular formula is C20H29N3O2. The molecule has 5 heteroatoms. The zero-order valence-corrected chi connectivity index (χ0v) is 14.9. The van der Waals surface area contributed by atoms with Crippen molar-refractivity contribution in [2.24, 2.45) is 5.92 Å². The summed E-state index contributed by atoms with van der Waals surface area (Å²) in [6.45, 7) is 2.98. The second-order valence-corrected chi connectivity index (χ2v) is 7.66. The van der Waals surface area contributed by atoms with Crippen molar-refractivity contribution in [2.75, 3.05) is 29.9 Å². The van der Waals surface area contributed by atoms with E-state index in [1.165, 1.54) is 37.8 Å². The van der Waals surface area contributed by atoms with E-state index < -0.39 is 0 Å². The molecule has 25 heavy (non-hydrogen) atoms. The van der Waals surface area contributed by atoms with Crippen LogP contribution >= 0.6 is 0 Å². The smallest absolute Gasteiger partial charge is 0.319 e. The monoisotopic (exact) mass is 343 g/mol. The van der Waals surface area contributed by atoms with Gasteiger partial charge in [-0.05, 0) is 69.1 Å². The number of nitrogens with one attached hydrogen (secondary N) is 2. The van der Waals surface area contributed by atoms with Gasteiger partial charge in [-0.3, -0.25) is 0 Å². The fourth-order valence-corrected chi connectivity index (χ4v) is 4.04. The number of carbonyl (C=O) groups excluding carboxylic acids is 1. The summed E-state index contributed by atoms with van der Waals surface area (Å²) in [7, 11) is 0. The molecule has 0 aromatic heterocycles. The van der Waals surface area contributed by atoms with Crippen molar-refractivity contribution in [2.45, 2.75) is 57.1 Å². The highest BCUT2D eigenvalue weighted by Gasteiger charge is 2.36. The van der Waals surface area contributed by atoms with E-state index in [0.717, 1.165) is 44.1 Å². The lowest BCUT2D eigenvalue weighted by molar-refractivity contribution is -0.00889. The number of piperidine rings is 1. The van der Waals surface area contributed by atoms with Crippen LogP contribution in [0.4, 0.5) is 16.2 Å². The summed E-state index contributed by atoms with van der Waals surface area (Å²) in [5.41, 5.74) is 2.07. The summed E-state index contributed by atoms with van der Waals surface area (Å²) in [6.07, 6.45) is 8.61. The Hall–Kier alpha value is -1.75. The molecule has 1 aliphatic carbocycles. The van der Waals surface area contributed by atoms with Crippen LogP contribution in [0.2, 0.25) is 0 Å². The van der Waals surface area contributed by atoms with Crippen molar-refractivity contribution in [3.63, 3.8) is 0 Å². The zero-order chi connectivity index (χ0) is 17.1. The minimum absolute atomic E-state index is 0.0998. The molecule has 5 nitrogen and oxygen atoms in total. The Morgan fingerprint density at radius 3 is 2.76 bits per heavy atom. The van der Waals surface area contributed by atoms with Gasteiger partial charge in [0.15, 0.2) is 0 Å². The van der Waals surface area contributed by atoms with Gasteiger partial charge in [0.2, 0.25) is 0 Å². The molecule has 3 fully saturated rings. The average molecular weight is 343 g/mol. The van der Waals surface area contributed by atoms with Crippen LogP contribution in [0.5, 0.6) is 0 Å². The van der Waals surface area contributed by atoms with Crippen molar-refractivity contribution in [3.05, 3.63) is 24.3 Å². The van der Waals surface area contributed by atoms with E-state index in [9.17, 15) is 4.79 Å². The van der Waals surface area contributed by atoms with E-state index >= 15 is 0 Å². The quantitative estimate of drug-likeness (QED) is 0.875. The summed E-state index contributed by atoms with van der Waals surface area (Å²) in [5, 5.41) is 6.15. The van der Waals surface area contributed by atoms with Crippen LogP contribution in [-0.2, 0) is 4.74 Å². The van der Waals surface area contributed by atoms with E-state index in [1.54, 1.807) is 0 Å². The second-order valence-electron chi connectivity index (χ2n) is 7.66. The molecule has 3 aliphatic rings. The van der Waals surface area contributed by atoms with Gasteiger partial charge < -0.3 is 20.3 Å². The maximum Gasteiger partial charge on any atom is 0.319 e. The highest BCUT2D eigenvalue weighted by Crippen LogP contribution is 2.38. The van der Waals surface area contributed by atoms with Crippen LogP contribution in [0.25, 0.3) is 0 Å². The van der Waals surface area contributed by atoms with Crippen LogP contribution in [0.1, 0.15) is 44.9 Å². The third kappa shape index (κ3) is 4.46. The second kappa shape index (κ2) is 7.65. The molecule has 1 aromatic carbocycles. The van der Waals surface area contributed by atoms with Gasteiger partial charge in [-0.15, -0.1) is 0 Å². The van der Waals surface area contributed by atoms with Crippen LogP contribution in [0, 0.1) is 5.92 Å². The lowest BCUT2D eigenvalue weighted by Gasteiger charge is -2.30. The SMILES string of the molecule is O=C(Nc1cccc(N2CCCCC2)c1)N[C@H]1CCO[C@@H](C2CC2)C1. The van der Waals surface area contributed by atoms with E-state index in [1.807, 2.05) is 12.1 Å². The lowest BCUT2D eigenvalue weighted by Crippen LogP contribution is -2.44. The number of amides is 2. The number of anilines is 2. The number of carbonyl (C=O) groups is 1. The highest BCUT2D eigenvalue weighted by molar-refractivity contribution is 5.90. The molecular weight excluding hydrogens is 314 g/mol. The molecule has 2 atom stereocenters. The third-order valence-corrected chi connectivity index (χ3v) is 5.62. The average Bonchev–Trinajstić information content (AvgIpc) is 3.48. The van der Waals surface area contributed by atoms with Gasteiger partial charge in [0, 0.05) is 37.1 Å². The summed E-state index contributed by atoms with van der Waals surface area (Å²) in [6, 6.07) is 8.33. The maximum absolute atomic E-state index is 12.4. The highest BCUT2D eigenvalue weighted by atomic mass is 16.5. The predicted molar refractivity (Wildman–Crippen MR) is 100 cm³/mol. The molecule has 0 bridgehead atoms. The molecule has 2 saturated heterocycles. The Kier molecular flexibility index (Phi) is 5.11. The van der Waals surface area contributed by atoms with Gasteiger partial charge in [0.05, 0.1) is 6.10 Å². The van der Waals surface area contributed by atoms with Gasteiger partial charge >= 0.3 is 6.03 Å². The molecule has 136 valence electrons. The largest absolute Gasteiger partial charge is 0.378 e. The van der Waals surface area contributed by atoms with Crippen LogP contribution in [0.3, 0.4) is 0 Å². The van der Waals surface area contributed by atoms with Crippen molar-refractivity contribution < 1.29 is 9.53 Å². The molecule has 0 spiro atoms. The van der Waals surface area contributed by atoms with Gasteiger partial charge in [0.1, 0.15) is 0 Å². The van der Waals surface area contributed by atoms with Gasteiger partial charge in [-0.25, -0.2) is 4.79 Å². The van der Waals surface area contributed by atoms with Crippen LogP contribution in [0.15, 0.2) is 24.3 Å². The standard InChI is InChI=1S/C20H29N3O2/c24-20(22-17-9-12-25-19(14-17)15-7-8-15)21-16-5-4-6-18(13-16)23-10-2-1-3-11-23/h4-6,13,15,17,19H,1-3,7-12,14H2,(H2,21,22,24)/t17-,19+/m0/s1. The van der Waals surface area contributed by atoms with Crippen molar-refractivity contribution in [1.29, 1.82) is 0 Å². The normalized spacial score (nSPS) is 27.0. The van der Waals surface area contributed by atoms with Crippen molar-refractivity contribution >= 4 is 17.4 Å². The Balaban J connectivity index is 1.31. The number of hydrogen-bond donors (Lipinski definition) is 2. The number of urea groups is 1. The number of hydrogen-bond acceptors (Lipinski definition) is 3. The predicted octanol–water partition coefficient (Wildman–Crippen LogP) is 3.76. The fourth-order valence-electron chi connectivity index (χ4n) is 4.04. The Morgan fingerprint density at radius 2 is 1.96 bits per heavy atom. The first-order valence-electron chi connectivity index (χ1n) is 9.82. The molecule has 4 rings (SSSR count). The first-order valence-corrected chi connectivity index (χ1v) is 9.82. The Bertz CT molecular complexity index is 596. The number of benzene rings is 1. The van der Waals surface area contributed by atoms with Gasteiger partial charge in [-0.1, -0.05) is 6.07 Å². The molecule has 1 aromatic rings. The third-order valence-electron chi connectivity index (χ3n) is 5.62. The topological polar surface area (TPSA) is 53.6 Å². The summed E-state index contributed by atoms with van der Waals surface area (Å²) < 4.78 is 5.84. The minimum Gasteiger partial charge on any atom is -0.378 e. The molecule has 2 N–H and O–H groups in total. The van der Waals surface area contributed by atoms with E-state index in [2.05, 4.69) is 27.7 Å². The summed E-state index contributed by atoms with van der Waals surface area (Å²) in [4.78, 5) is 14.8. The Labute approximate surface area is 150 Å². The minimum atomic E-state index is -0.0998. The van der Waals surface area contributed by atoms with E-state index in [0.29, 0.717) is 6.10 Å². The molecule has 2 amide bonds. The summed E-state index contributed by atoms with van der Waals surface area (Å²) >= 11 is 0. The lowest BCUT2D eigenvalue weighted by atomic mass is 10.0. The molecule has 2 aliphatic heterocycles. The number of nitrogens with zero attached hydrogens (tertiary/aromatic N) is 1. The molecule has 0 radical (unpaired) electrons. The Morgan fingerprint density at radius 1 is 1.12 bits per heavy atom.